The number of phenols is 4. The van der Waals surface area contributed by atoms with Crippen LogP contribution in [0.2, 0.25) is 0 Å². The number of Topliss-reactive ketones (excluding diaryl/α,β-unsaturated/α-hetero) is 2. The van der Waals surface area contributed by atoms with Gasteiger partial charge in [-0.25, -0.2) is 28.8 Å². The lowest BCUT2D eigenvalue weighted by molar-refractivity contribution is -0.214. The summed E-state index contributed by atoms with van der Waals surface area (Å²) < 4.78 is 31.4. The number of aliphatic hydroxyl groups is 2. The number of rotatable bonds is 19. The summed E-state index contributed by atoms with van der Waals surface area (Å²) in [5.41, 5.74) is -17.6. The molecule has 0 saturated heterocycles. The molecule has 20 heteroatoms. The van der Waals surface area contributed by atoms with Gasteiger partial charge in [0.2, 0.25) is 11.6 Å². The third-order valence-electron chi connectivity index (χ3n) is 11.7. The zero-order valence-electron chi connectivity index (χ0n) is 40.6. The number of carbonyl (C=O) groups is 8. The van der Waals surface area contributed by atoms with E-state index in [2.05, 4.69) is 0 Å². The van der Waals surface area contributed by atoms with Crippen LogP contribution in [0.15, 0.2) is 169 Å². The van der Waals surface area contributed by atoms with E-state index in [1.165, 1.54) is 97.1 Å². The van der Waals surface area contributed by atoms with Crippen LogP contribution in [0.3, 0.4) is 0 Å². The summed E-state index contributed by atoms with van der Waals surface area (Å²) >= 11 is 0. The van der Waals surface area contributed by atoms with Crippen LogP contribution in [-0.2, 0) is 66.8 Å². The zero-order chi connectivity index (χ0) is 55.5. The maximum absolute atomic E-state index is 16.1. The van der Waals surface area contributed by atoms with Crippen molar-refractivity contribution in [2.24, 2.45) is 0 Å². The molecule has 0 heterocycles. The van der Waals surface area contributed by atoms with Crippen molar-refractivity contribution in [2.45, 2.75) is 23.4 Å². The third-order valence-corrected chi connectivity index (χ3v) is 11.7. The van der Waals surface area contributed by atoms with Gasteiger partial charge in [-0.05, 0) is 57.6 Å². The predicted molar refractivity (Wildman–Crippen MR) is 263 cm³/mol. The first kappa shape index (κ1) is 55.4. The second-order valence-corrected chi connectivity index (χ2v) is 16.2. The maximum Gasteiger partial charge on any atom is 0.351 e. The van der Waals surface area contributed by atoms with Crippen LogP contribution >= 0.6 is 0 Å². The van der Waals surface area contributed by atoms with Crippen LogP contribution in [0.25, 0.3) is 11.1 Å². The highest BCUT2D eigenvalue weighted by Gasteiger charge is 2.73. The fourth-order valence-electron chi connectivity index (χ4n) is 7.84. The molecule has 0 amide bonds. The molecule has 20 nitrogen and oxygen atoms in total. The standard InChI is InChI=1S/C56H46O20/c1-71-49(63)41(35-25-27-37(57)39(59)29-35)43(51(65)73-3)47(61)55(69,53(67)75-45(31-17-9-5-10-18-31)32-19-11-6-12-20-32)56(70,54(68)76-46(33-21-13-7-14-22-33)34-23-15-8-16-24-34)48(62)44(52(66)74-4)42(50(64)72-2)36-26-28-38(58)40(60)30-36/h5-30,45-46,57-60,69-70H,1-4H3/b43-41+,44-42+/t55-,56-/m0/s1. The molecule has 76 heavy (non-hydrogen) atoms. The van der Waals surface area contributed by atoms with E-state index in [0.29, 0.717) is 26.4 Å². The molecule has 0 aliphatic carbocycles. The minimum atomic E-state index is -5.08. The molecule has 6 N–H and O–H groups in total. The highest BCUT2D eigenvalue weighted by atomic mass is 16.6. The molecule has 2 atom stereocenters. The quantitative estimate of drug-likeness (QED) is 0.0160. The van der Waals surface area contributed by atoms with E-state index in [1.54, 1.807) is 24.3 Å². The van der Waals surface area contributed by atoms with Gasteiger partial charge in [-0.2, -0.15) is 0 Å². The number of aromatic hydroxyl groups is 4. The molecule has 6 aromatic rings. The molecule has 6 rings (SSSR count). The van der Waals surface area contributed by atoms with Crippen LogP contribution in [0, 0.1) is 0 Å². The topological polar surface area (TPSA) is 313 Å². The summed E-state index contributed by atoms with van der Waals surface area (Å²) in [7, 11) is 2.75. The number of hydrogen-bond acceptors (Lipinski definition) is 20. The molecule has 0 unspecified atom stereocenters. The van der Waals surface area contributed by atoms with Crippen molar-refractivity contribution in [3.8, 4) is 23.0 Å². The smallest absolute Gasteiger partial charge is 0.351 e. The molecule has 0 spiro atoms. The highest BCUT2D eigenvalue weighted by Crippen LogP contribution is 2.42. The van der Waals surface area contributed by atoms with Gasteiger partial charge in [0, 0.05) is 0 Å². The van der Waals surface area contributed by atoms with E-state index in [-0.39, 0.29) is 22.3 Å². The van der Waals surface area contributed by atoms with Crippen LogP contribution in [-0.4, -0.2) is 118 Å². The summed E-state index contributed by atoms with van der Waals surface area (Å²) in [6.07, 6.45) is -3.57. The Hall–Kier alpha value is -9.92. The van der Waals surface area contributed by atoms with E-state index in [1.807, 2.05) is 0 Å². The lowest BCUT2D eigenvalue weighted by atomic mass is 9.70. The maximum atomic E-state index is 16.1. The van der Waals surface area contributed by atoms with Crippen molar-refractivity contribution in [2.75, 3.05) is 28.4 Å². The summed E-state index contributed by atoms with van der Waals surface area (Å²) in [5, 5.41) is 69.0. The second-order valence-electron chi connectivity index (χ2n) is 16.2. The fraction of sp³-hybridized carbons (Fsp3) is 0.143. The van der Waals surface area contributed by atoms with Crippen molar-refractivity contribution in [1.29, 1.82) is 0 Å². The van der Waals surface area contributed by atoms with Crippen molar-refractivity contribution >= 4 is 58.5 Å². The van der Waals surface area contributed by atoms with E-state index >= 15 is 19.2 Å². The van der Waals surface area contributed by atoms with E-state index in [4.69, 9.17) is 28.4 Å². The van der Waals surface area contributed by atoms with Crippen molar-refractivity contribution in [3.05, 3.63) is 202 Å². The zero-order valence-corrected chi connectivity index (χ0v) is 40.6. The van der Waals surface area contributed by atoms with Crippen molar-refractivity contribution in [3.63, 3.8) is 0 Å². The number of esters is 6. The van der Waals surface area contributed by atoms with Gasteiger partial charge < -0.3 is 59.1 Å². The van der Waals surface area contributed by atoms with E-state index in [0.717, 1.165) is 38.5 Å². The molecule has 0 bridgehead atoms. The lowest BCUT2D eigenvalue weighted by Crippen LogP contribution is -2.73. The molecular weight excluding hydrogens is 993 g/mol. The molecule has 0 fully saturated rings. The fourth-order valence-corrected chi connectivity index (χ4v) is 7.84. The SMILES string of the molecule is COC(=O)/C(C(=O)[C@](O)(C(=O)OC(c1ccccc1)c1ccccc1)[C@@](O)(C(=O)OC(c1ccccc1)c1ccccc1)C(=O)/C(C(=O)OC)=C(\C(=O)OC)c1ccc(O)c(O)c1)=C(/C(=O)OC)c1ccc(O)c(O)c1. The monoisotopic (exact) mass is 1040 g/mol. The van der Waals surface area contributed by atoms with E-state index in [9.17, 15) is 49.8 Å². The number of carbonyl (C=O) groups excluding carboxylic acids is 8. The molecular formula is C56H46O20. The molecule has 0 saturated carbocycles. The number of phenolic OH excluding ortho intramolecular Hbond substituents is 4. The van der Waals surface area contributed by atoms with Gasteiger partial charge in [-0.1, -0.05) is 133 Å². The van der Waals surface area contributed by atoms with Crippen molar-refractivity contribution in [1.82, 2.24) is 0 Å². The minimum absolute atomic E-state index is 0.0660. The Morgan fingerprint density at radius 1 is 0.368 bits per heavy atom. The molecule has 0 aliphatic rings. The Morgan fingerprint density at radius 2 is 0.632 bits per heavy atom. The largest absolute Gasteiger partial charge is 0.504 e. The third kappa shape index (κ3) is 10.9. The van der Waals surface area contributed by atoms with Gasteiger partial charge in [0.25, 0.3) is 11.2 Å². The molecule has 390 valence electrons. The lowest BCUT2D eigenvalue weighted by Gasteiger charge is -2.39. The van der Waals surface area contributed by atoms with Gasteiger partial charge in [-0.3, -0.25) is 9.59 Å². The minimum Gasteiger partial charge on any atom is -0.504 e. The predicted octanol–water partition coefficient (Wildman–Crippen LogP) is 4.67. The van der Waals surface area contributed by atoms with Crippen LogP contribution in [0.4, 0.5) is 0 Å². The number of ether oxygens (including phenoxy) is 6. The van der Waals surface area contributed by atoms with Gasteiger partial charge >= 0.3 is 35.8 Å². The Kier molecular flexibility index (Phi) is 17.3. The first-order valence-corrected chi connectivity index (χ1v) is 22.3. The number of methoxy groups -OCH3 is 4. The Bertz CT molecular complexity index is 2960. The molecule has 0 aliphatic heterocycles. The number of hydrogen-bond donors (Lipinski definition) is 6. The van der Waals surface area contributed by atoms with Crippen molar-refractivity contribution < 1.29 is 97.4 Å². The number of ketones is 2. The second kappa shape index (κ2) is 23.7. The molecule has 0 radical (unpaired) electrons. The average Bonchev–Trinajstić information content (AvgIpc) is 3.47. The summed E-state index contributed by atoms with van der Waals surface area (Å²) in [5.74, 6) is -21.1. The normalized spacial score (nSPS) is 13.3. The van der Waals surface area contributed by atoms with Crippen LogP contribution < -0.4 is 0 Å². The molecule has 0 aromatic heterocycles. The average molecular weight is 1040 g/mol. The van der Waals surface area contributed by atoms with Gasteiger partial charge in [0.15, 0.2) is 35.2 Å². The first-order chi connectivity index (χ1) is 36.3. The Labute approximate surface area is 431 Å². The van der Waals surface area contributed by atoms with Gasteiger partial charge in [0.1, 0.15) is 11.1 Å². The van der Waals surface area contributed by atoms with Crippen LogP contribution in [0.1, 0.15) is 45.6 Å². The number of benzene rings is 6. The first-order valence-electron chi connectivity index (χ1n) is 22.3. The molecule has 6 aromatic carbocycles. The Balaban J connectivity index is 1.85. The summed E-state index contributed by atoms with van der Waals surface area (Å²) in [6, 6.07) is 33.8. The van der Waals surface area contributed by atoms with Gasteiger partial charge in [0.05, 0.1) is 39.6 Å². The highest BCUT2D eigenvalue weighted by molar-refractivity contribution is 6.43. The summed E-state index contributed by atoms with van der Waals surface area (Å²) in [4.78, 5) is 120. The van der Waals surface area contributed by atoms with Crippen LogP contribution in [0.5, 0.6) is 23.0 Å². The Morgan fingerprint density at radius 3 is 0.868 bits per heavy atom. The summed E-state index contributed by atoms with van der Waals surface area (Å²) in [6.45, 7) is 0. The van der Waals surface area contributed by atoms with E-state index < -0.39 is 127 Å². The van der Waals surface area contributed by atoms with Gasteiger partial charge in [-0.15, -0.1) is 0 Å².